The summed E-state index contributed by atoms with van der Waals surface area (Å²) in [5.74, 6) is -0.471. The van der Waals surface area contributed by atoms with Gasteiger partial charge in [-0.15, -0.1) is 0 Å². The smallest absolute Gasteiger partial charge is 0.210 e. The number of allylic oxidation sites excluding steroid dienone is 1. The predicted molar refractivity (Wildman–Crippen MR) is 88.2 cm³/mol. The van der Waals surface area contributed by atoms with Crippen molar-refractivity contribution >= 4 is 21.7 Å². The molecule has 0 aliphatic carbocycles. The molecule has 0 amide bonds. The summed E-state index contributed by atoms with van der Waals surface area (Å²) in [7, 11) is -3.81. The van der Waals surface area contributed by atoms with Crippen molar-refractivity contribution in [2.75, 3.05) is 0 Å². The quantitative estimate of drug-likeness (QED) is 0.808. The Kier molecular flexibility index (Phi) is 4.62. The number of ketones is 1. The van der Waals surface area contributed by atoms with Crippen LogP contribution < -0.4 is 0 Å². The van der Waals surface area contributed by atoms with Gasteiger partial charge in [0.05, 0.1) is 4.90 Å². The van der Waals surface area contributed by atoms with Crippen LogP contribution in [0.4, 0.5) is 0 Å². The van der Waals surface area contributed by atoms with Gasteiger partial charge in [-0.05, 0) is 44.5 Å². The molecule has 2 rings (SSSR count). The van der Waals surface area contributed by atoms with Crippen molar-refractivity contribution < 1.29 is 13.2 Å². The average molecular weight is 314 g/mol. The van der Waals surface area contributed by atoms with Gasteiger partial charge in [0, 0.05) is 0 Å². The van der Waals surface area contributed by atoms with Gasteiger partial charge in [0.1, 0.15) is 4.91 Å². The fourth-order valence-electron chi connectivity index (χ4n) is 2.03. The molecule has 0 saturated heterocycles. The molecule has 0 spiro atoms. The van der Waals surface area contributed by atoms with E-state index in [1.807, 2.05) is 26.0 Å². The van der Waals surface area contributed by atoms with E-state index >= 15 is 0 Å². The molecule has 0 unspecified atom stereocenters. The zero-order valence-electron chi connectivity index (χ0n) is 12.8. The fraction of sp³-hybridized carbons (Fsp3) is 0.167. The third-order valence-corrected chi connectivity index (χ3v) is 5.22. The molecule has 0 aromatic heterocycles. The van der Waals surface area contributed by atoms with Crippen LogP contribution in [0.1, 0.15) is 23.6 Å². The van der Waals surface area contributed by atoms with Gasteiger partial charge in [-0.2, -0.15) is 0 Å². The highest BCUT2D eigenvalue weighted by Crippen LogP contribution is 2.23. The van der Waals surface area contributed by atoms with E-state index in [1.54, 1.807) is 24.3 Å². The number of carbonyl (C=O) groups excluding carboxylic acids is 1. The maximum atomic E-state index is 12.7. The minimum atomic E-state index is -3.81. The molecule has 0 atom stereocenters. The van der Waals surface area contributed by atoms with Crippen molar-refractivity contribution in [3.63, 3.8) is 0 Å². The van der Waals surface area contributed by atoms with Crippen LogP contribution in [0, 0.1) is 13.8 Å². The Balaban J connectivity index is 2.53. The van der Waals surface area contributed by atoms with E-state index in [-0.39, 0.29) is 9.80 Å². The topological polar surface area (TPSA) is 51.2 Å². The lowest BCUT2D eigenvalue weighted by Gasteiger charge is -2.07. The minimum Gasteiger partial charge on any atom is -0.294 e. The predicted octanol–water partition coefficient (Wildman–Crippen LogP) is 3.71. The van der Waals surface area contributed by atoms with Gasteiger partial charge in [-0.3, -0.25) is 4.79 Å². The van der Waals surface area contributed by atoms with E-state index in [0.29, 0.717) is 5.56 Å². The molecule has 0 aliphatic heterocycles. The van der Waals surface area contributed by atoms with Gasteiger partial charge >= 0.3 is 0 Å². The van der Waals surface area contributed by atoms with Gasteiger partial charge < -0.3 is 0 Å². The van der Waals surface area contributed by atoms with Crippen LogP contribution >= 0.6 is 0 Å². The number of aryl methyl sites for hydroxylation is 2. The highest BCUT2D eigenvalue weighted by atomic mass is 32.2. The van der Waals surface area contributed by atoms with Crippen LogP contribution in [0.3, 0.4) is 0 Å². The Hall–Kier alpha value is -2.20. The van der Waals surface area contributed by atoms with Crippen LogP contribution in [-0.2, 0) is 14.6 Å². The number of carbonyl (C=O) groups is 1. The fourth-order valence-corrected chi connectivity index (χ4v) is 3.44. The third kappa shape index (κ3) is 3.52. The molecule has 2 aromatic rings. The van der Waals surface area contributed by atoms with Gasteiger partial charge in [0.15, 0.2) is 5.78 Å². The summed E-state index contributed by atoms with van der Waals surface area (Å²) >= 11 is 0. The normalized spacial score (nSPS) is 12.2. The second-order valence-electron chi connectivity index (χ2n) is 5.29. The van der Waals surface area contributed by atoms with Crippen molar-refractivity contribution in [1.29, 1.82) is 0 Å². The number of hydrogen-bond acceptors (Lipinski definition) is 3. The van der Waals surface area contributed by atoms with Gasteiger partial charge in [-0.1, -0.05) is 47.5 Å². The van der Waals surface area contributed by atoms with E-state index in [2.05, 4.69) is 0 Å². The Morgan fingerprint density at radius 1 is 0.864 bits per heavy atom. The zero-order chi connectivity index (χ0) is 16.3. The van der Waals surface area contributed by atoms with E-state index in [1.165, 1.54) is 25.1 Å². The molecule has 22 heavy (non-hydrogen) atoms. The van der Waals surface area contributed by atoms with Crippen molar-refractivity contribution in [2.45, 2.75) is 25.7 Å². The van der Waals surface area contributed by atoms with E-state index in [4.69, 9.17) is 0 Å². The van der Waals surface area contributed by atoms with Crippen LogP contribution in [0.2, 0.25) is 0 Å². The summed E-state index contributed by atoms with van der Waals surface area (Å²) in [5, 5.41) is 0. The SMILES string of the molecule is CC(=O)/C(=C\c1ccc(C)cc1)S(=O)(=O)c1ccc(C)cc1. The molecule has 0 radical (unpaired) electrons. The molecule has 0 aliphatic rings. The molecule has 0 heterocycles. The molecule has 0 saturated carbocycles. The van der Waals surface area contributed by atoms with E-state index in [0.717, 1.165) is 11.1 Å². The summed E-state index contributed by atoms with van der Waals surface area (Å²) < 4.78 is 25.3. The number of benzene rings is 2. The summed E-state index contributed by atoms with van der Waals surface area (Å²) in [5.41, 5.74) is 2.72. The maximum absolute atomic E-state index is 12.7. The Labute approximate surface area is 131 Å². The summed E-state index contributed by atoms with van der Waals surface area (Å²) in [4.78, 5) is 11.8. The van der Waals surface area contributed by atoms with Crippen LogP contribution in [0.25, 0.3) is 6.08 Å². The second kappa shape index (κ2) is 6.28. The Bertz CT molecular complexity index is 812. The highest BCUT2D eigenvalue weighted by Gasteiger charge is 2.24. The molecule has 0 bridgehead atoms. The van der Waals surface area contributed by atoms with Crippen molar-refractivity contribution in [3.05, 3.63) is 70.1 Å². The molecule has 4 heteroatoms. The molecule has 3 nitrogen and oxygen atoms in total. The maximum Gasteiger partial charge on any atom is 0.210 e. The highest BCUT2D eigenvalue weighted by molar-refractivity contribution is 7.96. The standard InChI is InChI=1S/C18H18O3S/c1-13-4-8-16(9-5-13)12-18(15(3)19)22(20,21)17-10-6-14(2)7-11-17/h4-12H,1-3H3/b18-12+. The van der Waals surface area contributed by atoms with Crippen LogP contribution in [0.15, 0.2) is 58.3 Å². The molecular weight excluding hydrogens is 296 g/mol. The molecule has 0 N–H and O–H groups in total. The van der Waals surface area contributed by atoms with Crippen molar-refractivity contribution in [2.24, 2.45) is 0 Å². The number of Topliss-reactive ketones (excluding diaryl/α,β-unsaturated/α-hetero) is 1. The first-order valence-electron chi connectivity index (χ1n) is 6.92. The first-order chi connectivity index (χ1) is 10.3. The second-order valence-corrected chi connectivity index (χ2v) is 7.21. The number of rotatable bonds is 4. The monoisotopic (exact) mass is 314 g/mol. The molecule has 114 valence electrons. The van der Waals surface area contributed by atoms with Gasteiger partial charge in [-0.25, -0.2) is 8.42 Å². The van der Waals surface area contributed by atoms with Crippen LogP contribution in [0.5, 0.6) is 0 Å². The van der Waals surface area contributed by atoms with Crippen molar-refractivity contribution in [3.8, 4) is 0 Å². The minimum absolute atomic E-state index is 0.131. The molecule has 0 fully saturated rings. The first kappa shape index (κ1) is 16.2. The molecule has 2 aromatic carbocycles. The van der Waals surface area contributed by atoms with Gasteiger partial charge in [0.25, 0.3) is 0 Å². The Morgan fingerprint density at radius 2 is 1.32 bits per heavy atom. The number of hydrogen-bond donors (Lipinski definition) is 0. The van der Waals surface area contributed by atoms with Crippen molar-refractivity contribution in [1.82, 2.24) is 0 Å². The Morgan fingerprint density at radius 3 is 1.77 bits per heavy atom. The summed E-state index contributed by atoms with van der Waals surface area (Å²) in [6.07, 6.45) is 1.43. The third-order valence-electron chi connectivity index (χ3n) is 3.34. The lowest BCUT2D eigenvalue weighted by atomic mass is 10.1. The van der Waals surface area contributed by atoms with E-state index in [9.17, 15) is 13.2 Å². The summed E-state index contributed by atoms with van der Waals surface area (Å²) in [6.45, 7) is 5.10. The lowest BCUT2D eigenvalue weighted by molar-refractivity contribution is -0.112. The van der Waals surface area contributed by atoms with Gasteiger partial charge in [0.2, 0.25) is 9.84 Å². The summed E-state index contributed by atoms with van der Waals surface area (Å²) in [6, 6.07) is 13.8. The van der Waals surface area contributed by atoms with Crippen LogP contribution in [-0.4, -0.2) is 14.2 Å². The van der Waals surface area contributed by atoms with E-state index < -0.39 is 15.6 Å². The lowest BCUT2D eigenvalue weighted by Crippen LogP contribution is -2.11. The number of sulfone groups is 1. The zero-order valence-corrected chi connectivity index (χ0v) is 13.6. The largest absolute Gasteiger partial charge is 0.294 e. The first-order valence-corrected chi connectivity index (χ1v) is 8.40. The molecular formula is C18H18O3S. The average Bonchev–Trinajstić information content (AvgIpc) is 2.46.